The fraction of sp³-hybridized carbons (Fsp3) is 0.125. The first kappa shape index (κ1) is 13.5. The van der Waals surface area contributed by atoms with Crippen LogP contribution in [0.3, 0.4) is 0 Å². The molecule has 0 radical (unpaired) electrons. The summed E-state index contributed by atoms with van der Waals surface area (Å²) in [6, 6.07) is 19.5. The first-order chi connectivity index (χ1) is 9.65. The van der Waals surface area contributed by atoms with E-state index >= 15 is 0 Å². The van der Waals surface area contributed by atoms with Crippen molar-refractivity contribution in [3.05, 3.63) is 77.9 Å². The normalized spacial score (nSPS) is 25.1. The third-order valence-corrected chi connectivity index (χ3v) is 5.84. The number of benzene rings is 2. The van der Waals surface area contributed by atoms with E-state index in [4.69, 9.17) is 15.8 Å². The molecule has 2 unspecified atom stereocenters. The molecule has 3 rings (SSSR count). The monoisotopic (exact) mass is 304 g/mol. The fourth-order valence-corrected chi connectivity index (χ4v) is 4.18. The summed E-state index contributed by atoms with van der Waals surface area (Å²) < 4.78 is 17.9. The highest BCUT2D eigenvalue weighted by atomic mass is 35.7. The van der Waals surface area contributed by atoms with Gasteiger partial charge in [0.05, 0.1) is 5.66 Å². The lowest BCUT2D eigenvalue weighted by Crippen LogP contribution is -2.03. The lowest BCUT2D eigenvalue weighted by molar-refractivity contribution is 0.482. The molecular weight excluding hydrogens is 291 g/mol. The third kappa shape index (κ3) is 2.82. The summed E-state index contributed by atoms with van der Waals surface area (Å²) in [6.45, 7) is -3.16. The van der Waals surface area contributed by atoms with Gasteiger partial charge in [0.25, 0.3) is 0 Å². The first-order valence-corrected chi connectivity index (χ1v) is 9.05. The van der Waals surface area contributed by atoms with Crippen molar-refractivity contribution in [2.45, 2.75) is 12.1 Å². The molecule has 2 atom stereocenters. The summed E-state index contributed by atoms with van der Waals surface area (Å²) in [7, 11) is 0. The Kier molecular flexibility index (Phi) is 3.69. The Morgan fingerprint density at radius 3 is 2.25 bits per heavy atom. The Morgan fingerprint density at radius 2 is 1.60 bits per heavy atom. The summed E-state index contributed by atoms with van der Waals surface area (Å²) >= 11 is 6.11. The minimum Gasteiger partial charge on any atom is -0.432 e. The molecule has 0 amide bonds. The molecule has 0 N–H and O–H groups in total. The van der Waals surface area contributed by atoms with Crippen LogP contribution in [0, 0.1) is 0 Å². The predicted molar refractivity (Wildman–Crippen MR) is 82.9 cm³/mol. The molecule has 0 aliphatic carbocycles. The van der Waals surface area contributed by atoms with Crippen molar-refractivity contribution in [3.8, 4) is 0 Å². The second-order valence-corrected chi connectivity index (χ2v) is 8.07. The maximum Gasteiger partial charge on any atom is 0.343 e. The van der Waals surface area contributed by atoms with Gasteiger partial charge in [0.15, 0.2) is 0 Å². The molecule has 2 aromatic carbocycles. The molecule has 4 heteroatoms. The van der Waals surface area contributed by atoms with Gasteiger partial charge in [-0.25, -0.2) is 0 Å². The Labute approximate surface area is 123 Å². The zero-order valence-electron chi connectivity index (χ0n) is 10.8. The smallest absolute Gasteiger partial charge is 0.343 e. The van der Waals surface area contributed by atoms with Gasteiger partial charge in [-0.2, -0.15) is 0 Å². The van der Waals surface area contributed by atoms with Gasteiger partial charge in [0.1, 0.15) is 5.76 Å². The maximum absolute atomic E-state index is 12.4. The molecule has 2 nitrogen and oxygen atoms in total. The van der Waals surface area contributed by atoms with Gasteiger partial charge < -0.3 is 4.52 Å². The zero-order valence-corrected chi connectivity index (χ0v) is 12.4. The van der Waals surface area contributed by atoms with Crippen molar-refractivity contribution >= 4 is 23.7 Å². The second kappa shape index (κ2) is 5.47. The minimum atomic E-state index is -3.16. The molecular formula is C16H14ClO2P. The van der Waals surface area contributed by atoms with Crippen molar-refractivity contribution in [1.82, 2.24) is 0 Å². The van der Waals surface area contributed by atoms with Crippen LogP contribution in [0.5, 0.6) is 0 Å². The predicted octanol–water partition coefficient (Wildman–Crippen LogP) is 5.10. The van der Waals surface area contributed by atoms with Crippen LogP contribution in [0.2, 0.25) is 0 Å². The third-order valence-electron chi connectivity index (χ3n) is 3.31. The van der Waals surface area contributed by atoms with Crippen molar-refractivity contribution in [3.63, 3.8) is 0 Å². The van der Waals surface area contributed by atoms with Gasteiger partial charge in [-0.3, -0.25) is 4.57 Å². The van der Waals surface area contributed by atoms with Gasteiger partial charge in [-0.05, 0) is 29.3 Å². The van der Waals surface area contributed by atoms with E-state index in [1.807, 2.05) is 66.7 Å². The van der Waals surface area contributed by atoms with Crippen LogP contribution in [0.15, 0.2) is 66.7 Å². The van der Waals surface area contributed by atoms with Gasteiger partial charge >= 0.3 is 6.72 Å². The van der Waals surface area contributed by atoms with Gasteiger partial charge in [0.2, 0.25) is 0 Å². The number of rotatable bonds is 3. The molecule has 20 heavy (non-hydrogen) atoms. The molecule has 1 aliphatic rings. The SMILES string of the molecule is O=P1(Cl)OC(c2ccccc2)=CC1Cc1ccccc1. The molecule has 2 aromatic rings. The van der Waals surface area contributed by atoms with E-state index in [9.17, 15) is 4.57 Å². The molecule has 0 saturated carbocycles. The zero-order chi connectivity index (χ0) is 14.0. The molecule has 0 aromatic heterocycles. The van der Waals surface area contributed by atoms with Crippen LogP contribution < -0.4 is 0 Å². The topological polar surface area (TPSA) is 26.3 Å². The van der Waals surface area contributed by atoms with Crippen LogP contribution >= 0.6 is 18.0 Å². The van der Waals surface area contributed by atoms with Crippen LogP contribution in [0.1, 0.15) is 11.1 Å². The van der Waals surface area contributed by atoms with E-state index in [0.29, 0.717) is 12.2 Å². The highest BCUT2D eigenvalue weighted by molar-refractivity contribution is 7.86. The van der Waals surface area contributed by atoms with E-state index in [1.54, 1.807) is 0 Å². The Hall–Kier alpha value is -1.50. The highest BCUT2D eigenvalue weighted by Crippen LogP contribution is 2.65. The summed E-state index contributed by atoms with van der Waals surface area (Å²) in [5, 5.41) is 0. The highest BCUT2D eigenvalue weighted by Gasteiger charge is 2.39. The van der Waals surface area contributed by atoms with Crippen molar-refractivity contribution in [2.75, 3.05) is 0 Å². The quantitative estimate of drug-likeness (QED) is 0.737. The molecule has 1 aliphatic heterocycles. The average molecular weight is 305 g/mol. The lowest BCUT2D eigenvalue weighted by atomic mass is 10.1. The number of hydrogen-bond acceptors (Lipinski definition) is 2. The average Bonchev–Trinajstić information content (AvgIpc) is 2.76. The Morgan fingerprint density at radius 1 is 1.00 bits per heavy atom. The van der Waals surface area contributed by atoms with Crippen LogP contribution in [-0.4, -0.2) is 5.66 Å². The number of halogens is 1. The van der Waals surface area contributed by atoms with Gasteiger partial charge in [-0.15, -0.1) is 0 Å². The summed E-state index contributed by atoms with van der Waals surface area (Å²) in [4.78, 5) is 0. The molecule has 1 heterocycles. The maximum atomic E-state index is 12.4. The summed E-state index contributed by atoms with van der Waals surface area (Å²) in [5.74, 6) is 0.616. The molecule has 0 fully saturated rings. The van der Waals surface area contributed by atoms with Crippen LogP contribution in [0.4, 0.5) is 0 Å². The number of hydrogen-bond donors (Lipinski definition) is 0. The summed E-state index contributed by atoms with van der Waals surface area (Å²) in [6.07, 6.45) is 2.51. The standard InChI is InChI=1S/C16H14ClO2P/c17-20(18)15(11-13-7-3-1-4-8-13)12-16(19-20)14-9-5-2-6-10-14/h1-10,12,15H,11H2. The molecule has 0 spiro atoms. The van der Waals surface area contributed by atoms with E-state index in [2.05, 4.69) is 0 Å². The Balaban J connectivity index is 1.87. The number of allylic oxidation sites excluding steroid dienone is 1. The second-order valence-electron chi connectivity index (χ2n) is 4.77. The van der Waals surface area contributed by atoms with Crippen LogP contribution in [-0.2, 0) is 15.5 Å². The minimum absolute atomic E-state index is 0.276. The van der Waals surface area contributed by atoms with Crippen molar-refractivity contribution in [2.24, 2.45) is 0 Å². The van der Waals surface area contributed by atoms with Crippen molar-refractivity contribution in [1.29, 1.82) is 0 Å². The lowest BCUT2D eigenvalue weighted by Gasteiger charge is -2.12. The van der Waals surface area contributed by atoms with E-state index in [1.165, 1.54) is 0 Å². The van der Waals surface area contributed by atoms with Gasteiger partial charge in [0, 0.05) is 5.56 Å². The van der Waals surface area contributed by atoms with E-state index in [-0.39, 0.29) is 5.66 Å². The van der Waals surface area contributed by atoms with Gasteiger partial charge in [-0.1, -0.05) is 60.7 Å². The molecule has 102 valence electrons. The van der Waals surface area contributed by atoms with Crippen molar-refractivity contribution < 1.29 is 9.09 Å². The molecule has 0 saturated heterocycles. The first-order valence-electron chi connectivity index (χ1n) is 6.45. The fourth-order valence-electron chi connectivity index (χ4n) is 2.27. The Bertz CT molecular complexity index is 667. The van der Waals surface area contributed by atoms with Crippen LogP contribution in [0.25, 0.3) is 5.76 Å². The summed E-state index contributed by atoms with van der Waals surface area (Å²) in [5.41, 5.74) is 1.73. The van der Waals surface area contributed by atoms with E-state index in [0.717, 1.165) is 11.1 Å². The van der Waals surface area contributed by atoms with E-state index < -0.39 is 6.72 Å². The largest absolute Gasteiger partial charge is 0.432 e. The molecule has 0 bridgehead atoms.